The highest BCUT2D eigenvalue weighted by Crippen LogP contribution is 2.36. The van der Waals surface area contributed by atoms with Gasteiger partial charge in [0.25, 0.3) is 0 Å². The molecule has 1 aliphatic rings. The molecule has 1 aromatic carbocycles. The molecule has 1 heterocycles. The Kier molecular flexibility index (Phi) is 5.46. The van der Waals surface area contributed by atoms with E-state index in [9.17, 15) is 26.4 Å². The Labute approximate surface area is 143 Å². The van der Waals surface area contributed by atoms with E-state index in [1.807, 2.05) is 0 Å². The third kappa shape index (κ3) is 3.84. The molecular weight excluding hydrogens is 369 g/mol. The van der Waals surface area contributed by atoms with Gasteiger partial charge >= 0.3 is 6.18 Å². The second-order valence-electron chi connectivity index (χ2n) is 5.28. The lowest BCUT2D eigenvalue weighted by Crippen LogP contribution is -2.50. The fraction of sp³-hybridized carbons (Fsp3) is 0.500. The Morgan fingerprint density at radius 1 is 1.21 bits per heavy atom. The molecular formula is C14H16ClF3N2O3S. The summed E-state index contributed by atoms with van der Waals surface area (Å²) in [5.74, 6) is -0.0853. The minimum Gasteiger partial charge on any atom is -0.340 e. The monoisotopic (exact) mass is 384 g/mol. The van der Waals surface area contributed by atoms with Crippen LogP contribution in [0, 0.1) is 0 Å². The molecule has 0 aliphatic carbocycles. The van der Waals surface area contributed by atoms with Crippen molar-refractivity contribution in [3.05, 3.63) is 28.8 Å². The standard InChI is InChI=1S/C14H16ClF3N2O3S/c1-2-13(21)19-5-7-20(8-6-19)24(22,23)10-3-4-12(15)11(9-10)14(16,17)18/h3-4,9H,2,5-8H2,1H3. The summed E-state index contributed by atoms with van der Waals surface area (Å²) in [6.07, 6.45) is -4.42. The normalized spacial score (nSPS) is 17.1. The molecule has 2 rings (SSSR count). The highest BCUT2D eigenvalue weighted by molar-refractivity contribution is 7.89. The number of piperazine rings is 1. The zero-order chi connectivity index (χ0) is 18.1. The zero-order valence-corrected chi connectivity index (χ0v) is 14.4. The van der Waals surface area contributed by atoms with E-state index in [2.05, 4.69) is 0 Å². The molecule has 10 heteroatoms. The molecule has 0 radical (unpaired) electrons. The maximum Gasteiger partial charge on any atom is 0.417 e. The van der Waals surface area contributed by atoms with E-state index in [4.69, 9.17) is 11.6 Å². The molecule has 1 aliphatic heterocycles. The van der Waals surface area contributed by atoms with Gasteiger partial charge in [-0.3, -0.25) is 4.79 Å². The van der Waals surface area contributed by atoms with E-state index in [1.165, 1.54) is 4.90 Å². The number of hydrogen-bond acceptors (Lipinski definition) is 3. The van der Waals surface area contributed by atoms with Crippen molar-refractivity contribution in [1.29, 1.82) is 0 Å². The van der Waals surface area contributed by atoms with Gasteiger partial charge in [0.1, 0.15) is 0 Å². The Balaban J connectivity index is 2.25. The van der Waals surface area contributed by atoms with E-state index < -0.39 is 31.7 Å². The number of amides is 1. The summed E-state index contributed by atoms with van der Waals surface area (Å²) in [5, 5.41) is -0.556. The van der Waals surface area contributed by atoms with E-state index in [0.29, 0.717) is 12.5 Å². The van der Waals surface area contributed by atoms with Crippen molar-refractivity contribution >= 4 is 27.5 Å². The molecule has 1 aromatic rings. The van der Waals surface area contributed by atoms with Gasteiger partial charge in [0, 0.05) is 32.6 Å². The van der Waals surface area contributed by atoms with Gasteiger partial charge in [-0.15, -0.1) is 0 Å². The lowest BCUT2D eigenvalue weighted by molar-refractivity contribution is -0.137. The second-order valence-corrected chi connectivity index (χ2v) is 7.62. The van der Waals surface area contributed by atoms with Gasteiger partial charge < -0.3 is 4.90 Å². The van der Waals surface area contributed by atoms with Gasteiger partial charge in [-0.25, -0.2) is 8.42 Å². The first-order chi connectivity index (χ1) is 11.1. The SMILES string of the molecule is CCC(=O)N1CCN(S(=O)(=O)c2ccc(Cl)c(C(F)(F)F)c2)CC1. The predicted molar refractivity (Wildman–Crippen MR) is 82.1 cm³/mol. The largest absolute Gasteiger partial charge is 0.417 e. The third-order valence-electron chi connectivity index (χ3n) is 3.77. The Morgan fingerprint density at radius 3 is 2.29 bits per heavy atom. The van der Waals surface area contributed by atoms with Crippen LogP contribution in [-0.2, 0) is 21.0 Å². The third-order valence-corrected chi connectivity index (χ3v) is 6.00. The van der Waals surface area contributed by atoms with Crippen molar-refractivity contribution < 1.29 is 26.4 Å². The molecule has 1 saturated heterocycles. The number of benzene rings is 1. The quantitative estimate of drug-likeness (QED) is 0.805. The fourth-order valence-corrected chi connectivity index (χ4v) is 4.11. The van der Waals surface area contributed by atoms with Crippen LogP contribution in [0.1, 0.15) is 18.9 Å². The van der Waals surface area contributed by atoms with Crippen LogP contribution in [0.25, 0.3) is 0 Å². The van der Waals surface area contributed by atoms with Gasteiger partial charge in [0.2, 0.25) is 15.9 Å². The van der Waals surface area contributed by atoms with Gasteiger partial charge in [-0.2, -0.15) is 17.5 Å². The first-order valence-corrected chi connectivity index (χ1v) is 9.04. The summed E-state index contributed by atoms with van der Waals surface area (Å²) in [6.45, 7) is 2.21. The maximum atomic E-state index is 12.9. The van der Waals surface area contributed by atoms with Crippen LogP contribution in [0.2, 0.25) is 5.02 Å². The molecule has 0 spiro atoms. The molecule has 1 amide bonds. The summed E-state index contributed by atoms with van der Waals surface area (Å²) < 4.78 is 64.9. The molecule has 134 valence electrons. The lowest BCUT2D eigenvalue weighted by Gasteiger charge is -2.34. The average Bonchev–Trinajstić information content (AvgIpc) is 2.53. The fourth-order valence-electron chi connectivity index (χ4n) is 2.43. The average molecular weight is 385 g/mol. The molecule has 0 unspecified atom stereocenters. The number of sulfonamides is 1. The maximum absolute atomic E-state index is 12.9. The number of carbonyl (C=O) groups excluding carboxylic acids is 1. The van der Waals surface area contributed by atoms with Crippen LogP contribution < -0.4 is 0 Å². The molecule has 0 N–H and O–H groups in total. The van der Waals surface area contributed by atoms with Crippen molar-refractivity contribution in [2.45, 2.75) is 24.4 Å². The number of hydrogen-bond donors (Lipinski definition) is 0. The van der Waals surface area contributed by atoms with Crippen molar-refractivity contribution in [1.82, 2.24) is 9.21 Å². The van der Waals surface area contributed by atoms with Crippen LogP contribution in [-0.4, -0.2) is 49.7 Å². The van der Waals surface area contributed by atoms with Crippen molar-refractivity contribution in [3.63, 3.8) is 0 Å². The molecule has 0 saturated carbocycles. The van der Waals surface area contributed by atoms with E-state index >= 15 is 0 Å². The summed E-state index contributed by atoms with van der Waals surface area (Å²) in [5.41, 5.74) is -1.19. The molecule has 1 fully saturated rings. The molecule has 0 atom stereocenters. The number of rotatable bonds is 3. The summed E-state index contributed by atoms with van der Waals surface area (Å²) >= 11 is 5.51. The summed E-state index contributed by atoms with van der Waals surface area (Å²) in [6, 6.07) is 2.52. The Hall–Kier alpha value is -1.32. The van der Waals surface area contributed by atoms with Gasteiger partial charge in [-0.05, 0) is 18.2 Å². The number of nitrogens with zero attached hydrogens (tertiary/aromatic N) is 2. The van der Waals surface area contributed by atoms with Gasteiger partial charge in [0.15, 0.2) is 0 Å². The summed E-state index contributed by atoms with van der Waals surface area (Å²) in [4.78, 5) is 12.7. The van der Waals surface area contributed by atoms with Crippen LogP contribution in [0.3, 0.4) is 0 Å². The first kappa shape index (κ1) is 19.0. The minimum absolute atomic E-state index is 0.0397. The van der Waals surface area contributed by atoms with Crippen molar-refractivity contribution in [2.75, 3.05) is 26.2 Å². The first-order valence-electron chi connectivity index (χ1n) is 7.22. The predicted octanol–water partition coefficient (Wildman–Crippen LogP) is 2.60. The number of halogens is 4. The summed E-state index contributed by atoms with van der Waals surface area (Å²) in [7, 11) is -4.08. The van der Waals surface area contributed by atoms with Crippen molar-refractivity contribution in [2.24, 2.45) is 0 Å². The smallest absolute Gasteiger partial charge is 0.340 e. The highest BCUT2D eigenvalue weighted by Gasteiger charge is 2.36. The van der Waals surface area contributed by atoms with Crippen LogP contribution in [0.15, 0.2) is 23.1 Å². The van der Waals surface area contributed by atoms with Crippen LogP contribution >= 0.6 is 11.6 Å². The van der Waals surface area contributed by atoms with E-state index in [0.717, 1.165) is 16.4 Å². The van der Waals surface area contributed by atoms with E-state index in [-0.39, 0.29) is 32.1 Å². The molecule has 5 nitrogen and oxygen atoms in total. The molecule has 0 bridgehead atoms. The molecule has 24 heavy (non-hydrogen) atoms. The Morgan fingerprint density at radius 2 is 1.79 bits per heavy atom. The second kappa shape index (κ2) is 6.89. The topological polar surface area (TPSA) is 57.7 Å². The van der Waals surface area contributed by atoms with E-state index in [1.54, 1.807) is 6.92 Å². The number of alkyl halides is 3. The highest BCUT2D eigenvalue weighted by atomic mass is 35.5. The van der Waals surface area contributed by atoms with Gasteiger partial charge in [0.05, 0.1) is 15.5 Å². The van der Waals surface area contributed by atoms with Crippen LogP contribution in [0.5, 0.6) is 0 Å². The van der Waals surface area contributed by atoms with Gasteiger partial charge in [-0.1, -0.05) is 18.5 Å². The Bertz CT molecular complexity index is 729. The van der Waals surface area contributed by atoms with Crippen LogP contribution in [0.4, 0.5) is 13.2 Å². The number of carbonyl (C=O) groups is 1. The lowest BCUT2D eigenvalue weighted by atomic mass is 10.2. The molecule has 0 aromatic heterocycles. The van der Waals surface area contributed by atoms with Crippen molar-refractivity contribution in [3.8, 4) is 0 Å². The zero-order valence-electron chi connectivity index (χ0n) is 12.8. The minimum atomic E-state index is -4.74.